The van der Waals surface area contributed by atoms with Crippen LogP contribution in [0.25, 0.3) is 10.6 Å². The van der Waals surface area contributed by atoms with Gasteiger partial charge in [0.1, 0.15) is 0 Å². The molecule has 0 atom stereocenters. The van der Waals surface area contributed by atoms with Gasteiger partial charge in [-0.15, -0.1) is 5.73 Å². The number of nitrogens with zero attached hydrogens (tertiary/aromatic N) is 1. The first-order valence-electron chi connectivity index (χ1n) is 8.76. The molecule has 1 aliphatic heterocycles. The Morgan fingerprint density at radius 2 is 2.00 bits per heavy atom. The molecule has 0 unspecified atom stereocenters. The maximum absolute atomic E-state index is 12.0. The molecule has 3 aliphatic rings. The van der Waals surface area contributed by atoms with Crippen molar-refractivity contribution in [1.82, 2.24) is 9.29 Å². The first-order valence-corrected chi connectivity index (χ1v) is 9.53. The normalized spacial score (nSPS) is 17.4. The van der Waals surface area contributed by atoms with E-state index in [4.69, 9.17) is 0 Å². The Kier molecular flexibility index (Phi) is 6.17. The molecular weight excluding hydrogens is 385 g/mol. The lowest BCUT2D eigenvalue weighted by Crippen LogP contribution is -2.40. The average molecular weight is 404 g/mol. The number of alkyl halides is 3. The molecule has 0 spiro atoms. The summed E-state index contributed by atoms with van der Waals surface area (Å²) in [6, 6.07) is 1.95. The molecule has 0 radical (unpaired) electrons. The third kappa shape index (κ3) is 5.21. The summed E-state index contributed by atoms with van der Waals surface area (Å²) in [6.07, 6.45) is 14.2. The van der Waals surface area contributed by atoms with E-state index in [0.29, 0.717) is 5.22 Å². The molecule has 1 aromatic rings. The fraction of sp³-hybridized carbons (Fsp3) is 0.238. The van der Waals surface area contributed by atoms with Gasteiger partial charge in [0.2, 0.25) is 0 Å². The van der Waals surface area contributed by atoms with Crippen LogP contribution in [0.2, 0.25) is 0 Å². The molecular formula is C21H19F3N2OS. The molecule has 2 aliphatic carbocycles. The van der Waals surface area contributed by atoms with Gasteiger partial charge in [-0.2, -0.15) is 13.2 Å². The molecule has 4 rings (SSSR count). The minimum atomic E-state index is -4.00. The number of aromatic amines is 1. The molecule has 3 nitrogen and oxygen atoms in total. The van der Waals surface area contributed by atoms with Crippen molar-refractivity contribution in [3.8, 4) is 0 Å². The van der Waals surface area contributed by atoms with Crippen LogP contribution in [-0.4, -0.2) is 22.0 Å². The largest absolute Gasteiger partial charge is 0.386 e. The quantitative estimate of drug-likeness (QED) is 0.764. The summed E-state index contributed by atoms with van der Waals surface area (Å²) < 4.78 is 33.4. The van der Waals surface area contributed by atoms with E-state index < -0.39 is 6.18 Å². The maximum Gasteiger partial charge on any atom is 0.386 e. The number of hydrogen-bond acceptors (Lipinski definition) is 3. The van der Waals surface area contributed by atoms with Gasteiger partial charge in [-0.1, -0.05) is 24.3 Å². The van der Waals surface area contributed by atoms with E-state index in [-0.39, 0.29) is 12.5 Å². The average Bonchev–Trinajstić information content (AvgIpc) is 2.79. The van der Waals surface area contributed by atoms with Crippen LogP contribution >= 0.6 is 11.9 Å². The van der Waals surface area contributed by atoms with Gasteiger partial charge in [0.25, 0.3) is 5.56 Å². The van der Waals surface area contributed by atoms with Crippen molar-refractivity contribution in [1.29, 1.82) is 0 Å². The Bertz CT molecular complexity index is 1080. The summed E-state index contributed by atoms with van der Waals surface area (Å²) in [6.45, 7) is 1.19. The van der Waals surface area contributed by atoms with Crippen molar-refractivity contribution < 1.29 is 13.2 Å². The van der Waals surface area contributed by atoms with Crippen molar-refractivity contribution in [2.75, 3.05) is 6.54 Å². The van der Waals surface area contributed by atoms with E-state index >= 15 is 0 Å². The van der Waals surface area contributed by atoms with E-state index in [9.17, 15) is 18.0 Å². The monoisotopic (exact) mass is 404 g/mol. The van der Waals surface area contributed by atoms with E-state index in [1.165, 1.54) is 11.3 Å². The van der Waals surface area contributed by atoms with E-state index in [1.807, 2.05) is 12.1 Å². The molecule has 1 N–H and O–H groups in total. The zero-order chi connectivity index (χ0) is 20.1. The molecule has 7 heteroatoms. The SMILES string of the molecule is CC(F)(F)F.O=c1[nH]ccc2c1=C=CC=CC=2SN1CCC2=C1C=CC=CC2. The van der Waals surface area contributed by atoms with Crippen molar-refractivity contribution >= 4 is 22.6 Å². The molecule has 0 saturated carbocycles. The highest BCUT2D eigenvalue weighted by molar-refractivity contribution is 8.06. The smallest absolute Gasteiger partial charge is 0.328 e. The minimum Gasteiger partial charge on any atom is -0.328 e. The molecule has 28 heavy (non-hydrogen) atoms. The third-order valence-corrected chi connectivity index (χ3v) is 5.27. The number of H-pyrrole nitrogens is 1. The Balaban J connectivity index is 0.000000403. The van der Waals surface area contributed by atoms with E-state index in [1.54, 1.807) is 24.2 Å². The van der Waals surface area contributed by atoms with Crippen LogP contribution in [0.5, 0.6) is 0 Å². The predicted molar refractivity (Wildman–Crippen MR) is 107 cm³/mol. The second-order valence-electron chi connectivity index (χ2n) is 6.33. The lowest BCUT2D eigenvalue weighted by molar-refractivity contribution is -0.110. The van der Waals surface area contributed by atoms with Crippen LogP contribution in [0, 0.1) is 0 Å². The third-order valence-electron chi connectivity index (χ3n) is 4.12. The van der Waals surface area contributed by atoms with Gasteiger partial charge in [0.15, 0.2) is 0 Å². The van der Waals surface area contributed by atoms with E-state index in [0.717, 1.165) is 29.5 Å². The molecule has 0 amide bonds. The standard InChI is InChI=1S/C19H16N2OS.C2H3F3/c22-19-16-7-4-5-9-18(15(16)10-12-20-19)23-21-13-11-14-6-2-1-3-8-17(14)21;1-2(3,4)5/h1-5,8-10,12H,6,11,13H2,(H,20,22);1H3. The number of fused-ring (bicyclic) bond motifs is 1. The Morgan fingerprint density at radius 1 is 1.21 bits per heavy atom. The summed E-state index contributed by atoms with van der Waals surface area (Å²) in [7, 11) is 0. The van der Waals surface area contributed by atoms with Gasteiger partial charge < -0.3 is 9.29 Å². The fourth-order valence-electron chi connectivity index (χ4n) is 2.98. The zero-order valence-corrected chi connectivity index (χ0v) is 16.0. The summed E-state index contributed by atoms with van der Waals surface area (Å²) in [5, 5.41) is 1.54. The molecule has 0 bridgehead atoms. The maximum atomic E-state index is 12.0. The van der Waals surface area contributed by atoms with Gasteiger partial charge in [0, 0.05) is 35.5 Å². The van der Waals surface area contributed by atoms with Crippen molar-refractivity contribution in [3.63, 3.8) is 0 Å². The van der Waals surface area contributed by atoms with Crippen LogP contribution < -0.4 is 16.0 Å². The molecule has 2 heterocycles. The van der Waals surface area contributed by atoms with Gasteiger partial charge in [-0.3, -0.25) is 4.79 Å². The van der Waals surface area contributed by atoms with Crippen LogP contribution in [0.1, 0.15) is 19.8 Å². The van der Waals surface area contributed by atoms with Gasteiger partial charge in [-0.05, 0) is 54.7 Å². The number of hydrogen-bond donors (Lipinski definition) is 1. The topological polar surface area (TPSA) is 36.1 Å². The highest BCUT2D eigenvalue weighted by Crippen LogP contribution is 2.36. The lowest BCUT2D eigenvalue weighted by Gasteiger charge is -2.19. The molecule has 146 valence electrons. The Morgan fingerprint density at radius 3 is 2.79 bits per heavy atom. The molecule has 0 aromatic carbocycles. The number of rotatable bonds is 2. The Hall–Kier alpha value is -2.63. The Labute approximate surface area is 164 Å². The molecule has 1 aromatic heterocycles. The van der Waals surface area contributed by atoms with E-state index in [2.05, 4.69) is 45.4 Å². The van der Waals surface area contributed by atoms with Crippen LogP contribution in [0.4, 0.5) is 13.2 Å². The minimum absolute atomic E-state index is 0.0968. The molecule has 0 saturated heterocycles. The van der Waals surface area contributed by atoms with Gasteiger partial charge in [0.05, 0.1) is 5.22 Å². The number of halogens is 3. The lowest BCUT2D eigenvalue weighted by atomic mass is 10.1. The predicted octanol–water partition coefficient (Wildman–Crippen LogP) is 3.68. The van der Waals surface area contributed by atoms with Crippen molar-refractivity contribution in [2.45, 2.75) is 25.9 Å². The van der Waals surface area contributed by atoms with Crippen molar-refractivity contribution in [2.24, 2.45) is 0 Å². The van der Waals surface area contributed by atoms with Crippen LogP contribution in [0.3, 0.4) is 0 Å². The van der Waals surface area contributed by atoms with Crippen LogP contribution in [0.15, 0.2) is 70.9 Å². The van der Waals surface area contributed by atoms with Gasteiger partial charge in [-0.25, -0.2) is 0 Å². The second-order valence-corrected chi connectivity index (χ2v) is 7.40. The zero-order valence-electron chi connectivity index (χ0n) is 15.2. The van der Waals surface area contributed by atoms with Crippen LogP contribution in [-0.2, 0) is 0 Å². The second kappa shape index (κ2) is 8.59. The highest BCUT2D eigenvalue weighted by atomic mass is 32.2. The number of nitrogens with one attached hydrogen (secondary N) is 1. The first kappa shape index (κ1) is 20.1. The summed E-state index contributed by atoms with van der Waals surface area (Å²) in [5.74, 6) is 0. The summed E-state index contributed by atoms with van der Waals surface area (Å²) >= 11 is 1.70. The molecule has 0 fully saturated rings. The van der Waals surface area contributed by atoms with Crippen molar-refractivity contribution in [3.05, 3.63) is 86.9 Å². The summed E-state index contributed by atoms with van der Waals surface area (Å²) in [5.41, 5.74) is 5.76. The highest BCUT2D eigenvalue weighted by Gasteiger charge is 2.22. The summed E-state index contributed by atoms with van der Waals surface area (Å²) in [4.78, 5) is 15.8. The van der Waals surface area contributed by atoms with Gasteiger partial charge >= 0.3 is 6.18 Å². The number of allylic oxidation sites excluding steroid dienone is 6. The number of aromatic nitrogens is 1. The number of pyridine rings is 1. The first-order chi connectivity index (χ1) is 13.3. The fourth-order valence-corrected chi connectivity index (χ4v) is 4.10.